The van der Waals surface area contributed by atoms with Gasteiger partial charge in [0.25, 0.3) is 5.91 Å². The molecule has 5 aromatic rings. The third-order valence-electron chi connectivity index (χ3n) is 7.68. The highest BCUT2D eigenvalue weighted by Crippen LogP contribution is 2.31. The lowest BCUT2D eigenvalue weighted by molar-refractivity contribution is 0.0943. The predicted octanol–water partition coefficient (Wildman–Crippen LogP) is 4.65. The molecule has 1 aliphatic heterocycles. The summed E-state index contributed by atoms with van der Waals surface area (Å²) in [4.78, 5) is 15.9. The molecule has 0 bridgehead atoms. The molecule has 4 aromatic carbocycles. The molecule has 2 heterocycles. The lowest BCUT2D eigenvalue weighted by atomic mass is 10.0. The number of nitrogens with two attached hydrogens (primary N) is 1. The van der Waals surface area contributed by atoms with Crippen LogP contribution in [0, 0.1) is 0 Å². The van der Waals surface area contributed by atoms with E-state index < -0.39 is 0 Å². The van der Waals surface area contributed by atoms with Crippen molar-refractivity contribution in [3.63, 3.8) is 0 Å². The summed E-state index contributed by atoms with van der Waals surface area (Å²) in [7, 11) is 1.71. The number of carbonyl (C=O) groups is 1. The molecule has 6 rings (SSSR count). The summed E-state index contributed by atoms with van der Waals surface area (Å²) in [6.07, 6.45) is 0.826. The third kappa shape index (κ3) is 4.87. The zero-order valence-electron chi connectivity index (χ0n) is 22.2. The van der Waals surface area contributed by atoms with Gasteiger partial charge in [-0.05, 0) is 33.4 Å². The molecule has 0 fully saturated rings. The molecule has 1 aliphatic rings. The van der Waals surface area contributed by atoms with E-state index in [0.29, 0.717) is 31.9 Å². The Balaban J connectivity index is 1.25. The Bertz CT molecular complexity index is 1650. The zero-order valence-corrected chi connectivity index (χ0v) is 22.2. The van der Waals surface area contributed by atoms with Gasteiger partial charge in [-0.15, -0.1) is 0 Å². The van der Waals surface area contributed by atoms with Crippen molar-refractivity contribution in [2.75, 3.05) is 20.2 Å². The number of carbonyl (C=O) groups excluding carboxylic acids is 1. The van der Waals surface area contributed by atoms with Crippen molar-refractivity contribution in [1.29, 1.82) is 0 Å². The van der Waals surface area contributed by atoms with E-state index in [-0.39, 0.29) is 5.91 Å². The summed E-state index contributed by atoms with van der Waals surface area (Å²) in [5.74, 6) is 0.732. The van der Waals surface area contributed by atoms with Gasteiger partial charge in [-0.2, -0.15) is 5.10 Å². The van der Waals surface area contributed by atoms with E-state index in [1.807, 2.05) is 35.0 Å². The van der Waals surface area contributed by atoms with E-state index >= 15 is 0 Å². The number of hydrogen-bond donors (Lipinski definition) is 2. The number of ether oxygens (including phenoxy) is 1. The van der Waals surface area contributed by atoms with Crippen LogP contribution in [0.2, 0.25) is 0 Å². The molecule has 7 nitrogen and oxygen atoms in total. The second kappa shape index (κ2) is 10.9. The Morgan fingerprint density at radius 2 is 1.72 bits per heavy atom. The predicted molar refractivity (Wildman–Crippen MR) is 155 cm³/mol. The Hall–Kier alpha value is -4.20. The summed E-state index contributed by atoms with van der Waals surface area (Å²) in [5.41, 5.74) is 10.8. The molecule has 0 unspecified atom stereocenters. The molecule has 1 amide bonds. The van der Waals surface area contributed by atoms with Crippen molar-refractivity contribution in [3.05, 3.63) is 107 Å². The van der Waals surface area contributed by atoms with Crippen LogP contribution in [0.3, 0.4) is 0 Å². The highest BCUT2D eigenvalue weighted by molar-refractivity contribution is 5.95. The Morgan fingerprint density at radius 3 is 2.54 bits per heavy atom. The van der Waals surface area contributed by atoms with E-state index in [0.717, 1.165) is 58.2 Å². The second-order valence-electron chi connectivity index (χ2n) is 10.0. The Labute approximate surface area is 228 Å². The van der Waals surface area contributed by atoms with Crippen molar-refractivity contribution in [1.82, 2.24) is 20.0 Å². The fourth-order valence-electron chi connectivity index (χ4n) is 5.77. The molecule has 3 N–H and O–H groups in total. The topological polar surface area (TPSA) is 85.4 Å². The van der Waals surface area contributed by atoms with Gasteiger partial charge in [0.2, 0.25) is 0 Å². The number of aromatic nitrogens is 2. The van der Waals surface area contributed by atoms with Crippen molar-refractivity contribution in [2.45, 2.75) is 32.6 Å². The van der Waals surface area contributed by atoms with Crippen LogP contribution in [0.4, 0.5) is 0 Å². The van der Waals surface area contributed by atoms with Crippen molar-refractivity contribution < 1.29 is 9.53 Å². The number of amides is 1. The van der Waals surface area contributed by atoms with Crippen LogP contribution in [0.15, 0.2) is 78.9 Å². The zero-order chi connectivity index (χ0) is 26.8. The lowest BCUT2D eigenvalue weighted by Gasteiger charge is -2.28. The van der Waals surface area contributed by atoms with Crippen molar-refractivity contribution >= 4 is 27.5 Å². The molecule has 0 saturated heterocycles. The van der Waals surface area contributed by atoms with E-state index in [2.05, 4.69) is 58.7 Å². The third-order valence-corrected chi connectivity index (χ3v) is 7.68. The minimum absolute atomic E-state index is 0.147. The Kier molecular flexibility index (Phi) is 7.00. The smallest absolute Gasteiger partial charge is 0.272 e. The fourth-order valence-corrected chi connectivity index (χ4v) is 5.77. The molecular formula is C32H33N5O2. The van der Waals surface area contributed by atoms with Gasteiger partial charge >= 0.3 is 0 Å². The molecule has 1 aromatic heterocycles. The average molecular weight is 520 g/mol. The largest absolute Gasteiger partial charge is 0.496 e. The molecular weight excluding hydrogens is 486 g/mol. The van der Waals surface area contributed by atoms with Gasteiger partial charge in [-0.3, -0.25) is 14.4 Å². The number of hydrogen-bond acceptors (Lipinski definition) is 5. The van der Waals surface area contributed by atoms with Crippen LogP contribution in [-0.4, -0.2) is 40.8 Å². The number of fused-ring (bicyclic) bond motifs is 3. The summed E-state index contributed by atoms with van der Waals surface area (Å²) in [5, 5.41) is 12.5. The van der Waals surface area contributed by atoms with Crippen LogP contribution in [-0.2, 0) is 32.6 Å². The van der Waals surface area contributed by atoms with Crippen LogP contribution < -0.4 is 15.8 Å². The first-order valence-corrected chi connectivity index (χ1v) is 13.5. The quantitative estimate of drug-likeness (QED) is 0.312. The molecule has 39 heavy (non-hydrogen) atoms. The standard InChI is InChI=1S/C32H33N5O2/c1-39-30-14-13-24(26-11-4-5-12-27(26)30)20-36-17-15-29-28(21-36)31(35-37(29)18-16-33)32(38)34-19-23-9-6-8-22-7-2-3-10-25(22)23/h2-14H,15-21,33H2,1H3,(H,34,38). The van der Waals surface area contributed by atoms with Crippen LogP contribution in [0.1, 0.15) is 32.9 Å². The van der Waals surface area contributed by atoms with Gasteiger partial charge in [0, 0.05) is 55.8 Å². The highest BCUT2D eigenvalue weighted by atomic mass is 16.5. The molecule has 198 valence electrons. The van der Waals surface area contributed by atoms with E-state index in [9.17, 15) is 4.79 Å². The first-order valence-electron chi connectivity index (χ1n) is 13.5. The van der Waals surface area contributed by atoms with Crippen LogP contribution in [0.5, 0.6) is 5.75 Å². The van der Waals surface area contributed by atoms with Crippen molar-refractivity contribution in [2.24, 2.45) is 5.73 Å². The molecule has 0 atom stereocenters. The van der Waals surface area contributed by atoms with Crippen LogP contribution >= 0.6 is 0 Å². The maximum absolute atomic E-state index is 13.5. The Morgan fingerprint density at radius 1 is 0.949 bits per heavy atom. The maximum Gasteiger partial charge on any atom is 0.272 e. The normalized spacial score (nSPS) is 13.5. The maximum atomic E-state index is 13.5. The number of methoxy groups -OCH3 is 1. The second-order valence-corrected chi connectivity index (χ2v) is 10.0. The molecule has 0 radical (unpaired) electrons. The molecule has 7 heteroatoms. The first kappa shape index (κ1) is 25.1. The van der Waals surface area contributed by atoms with Crippen LogP contribution in [0.25, 0.3) is 21.5 Å². The van der Waals surface area contributed by atoms with E-state index in [1.54, 1.807) is 7.11 Å². The van der Waals surface area contributed by atoms with E-state index in [1.165, 1.54) is 10.9 Å². The minimum atomic E-state index is -0.147. The minimum Gasteiger partial charge on any atom is -0.496 e. The van der Waals surface area contributed by atoms with Gasteiger partial charge in [0.05, 0.1) is 13.7 Å². The highest BCUT2D eigenvalue weighted by Gasteiger charge is 2.28. The monoisotopic (exact) mass is 519 g/mol. The summed E-state index contributed by atoms with van der Waals surface area (Å²) >= 11 is 0. The van der Waals surface area contributed by atoms with Gasteiger partial charge in [-0.25, -0.2) is 0 Å². The lowest BCUT2D eigenvalue weighted by Crippen LogP contribution is -2.32. The first-order chi connectivity index (χ1) is 19.2. The fraction of sp³-hybridized carbons (Fsp3) is 0.250. The number of rotatable bonds is 8. The summed E-state index contributed by atoms with van der Waals surface area (Å²) in [6.45, 7) is 3.86. The number of benzene rings is 4. The van der Waals surface area contributed by atoms with Gasteiger partial charge in [-0.1, -0.05) is 72.8 Å². The average Bonchev–Trinajstić information content (AvgIpc) is 3.34. The van der Waals surface area contributed by atoms with Gasteiger partial charge in [0.15, 0.2) is 5.69 Å². The van der Waals surface area contributed by atoms with Crippen molar-refractivity contribution in [3.8, 4) is 5.75 Å². The molecule has 0 saturated carbocycles. The summed E-state index contributed by atoms with van der Waals surface area (Å²) in [6, 6.07) is 27.0. The SMILES string of the molecule is COc1ccc(CN2CCc3c(c(C(=O)NCc4cccc5ccccc45)nn3CCN)C2)c2ccccc12. The number of nitrogens with one attached hydrogen (secondary N) is 1. The van der Waals surface area contributed by atoms with E-state index in [4.69, 9.17) is 15.6 Å². The van der Waals surface area contributed by atoms with Gasteiger partial charge in [0.1, 0.15) is 5.75 Å². The van der Waals surface area contributed by atoms with Gasteiger partial charge < -0.3 is 15.8 Å². The summed E-state index contributed by atoms with van der Waals surface area (Å²) < 4.78 is 7.52. The number of nitrogens with zero attached hydrogens (tertiary/aromatic N) is 3. The molecule has 0 aliphatic carbocycles. The molecule has 0 spiro atoms.